The maximum atomic E-state index is 12.0. The molecule has 1 aromatic heterocycles. The van der Waals surface area contributed by atoms with Gasteiger partial charge in [0.05, 0.1) is 18.4 Å². The highest BCUT2D eigenvalue weighted by molar-refractivity contribution is 5.97. The van der Waals surface area contributed by atoms with Crippen molar-refractivity contribution in [3.8, 4) is 0 Å². The van der Waals surface area contributed by atoms with Gasteiger partial charge >= 0.3 is 6.03 Å². The van der Waals surface area contributed by atoms with Crippen LogP contribution in [-0.4, -0.2) is 37.1 Å². The summed E-state index contributed by atoms with van der Waals surface area (Å²) in [7, 11) is 2.07. The molecule has 25 heavy (non-hydrogen) atoms. The quantitative estimate of drug-likeness (QED) is 0.797. The van der Waals surface area contributed by atoms with Gasteiger partial charge in [-0.15, -0.1) is 0 Å². The Balaban J connectivity index is 1.50. The van der Waals surface area contributed by atoms with Crippen LogP contribution in [0.5, 0.6) is 0 Å². The van der Waals surface area contributed by atoms with Crippen molar-refractivity contribution in [2.45, 2.75) is 12.8 Å². The fourth-order valence-electron chi connectivity index (χ4n) is 2.84. The normalized spacial score (nSPS) is 12.9. The highest BCUT2D eigenvalue weighted by Crippen LogP contribution is 2.28. The molecule has 0 radical (unpaired) electrons. The smallest absolute Gasteiger partial charge is 0.319 e. The molecule has 7 heteroatoms. The second kappa shape index (κ2) is 7.65. The second-order valence-electron chi connectivity index (χ2n) is 5.97. The number of carbonyl (C=O) groups excluding carboxylic acids is 2. The van der Waals surface area contributed by atoms with Gasteiger partial charge in [-0.05, 0) is 48.7 Å². The number of urea groups is 1. The van der Waals surface area contributed by atoms with Crippen molar-refractivity contribution >= 4 is 29.0 Å². The topological polar surface area (TPSA) is 86.4 Å². The number of nitrogens with zero attached hydrogens (tertiary/aromatic N) is 2. The molecule has 0 bridgehead atoms. The van der Waals surface area contributed by atoms with E-state index in [0.717, 1.165) is 25.1 Å². The van der Waals surface area contributed by atoms with Crippen molar-refractivity contribution < 1.29 is 9.59 Å². The van der Waals surface area contributed by atoms with Crippen molar-refractivity contribution in [2.24, 2.45) is 0 Å². The lowest BCUT2D eigenvalue weighted by Gasteiger charge is -2.27. The number of amides is 3. The van der Waals surface area contributed by atoms with Crippen molar-refractivity contribution in [2.75, 3.05) is 35.7 Å². The SMILES string of the molecule is CN1CCCc2cc(NC(=O)NCC(=O)Nc3cccnc3)ccc21. The number of aryl methyl sites for hydroxylation is 1. The van der Waals surface area contributed by atoms with E-state index in [2.05, 4.69) is 32.9 Å². The molecule has 0 aliphatic carbocycles. The molecule has 3 amide bonds. The zero-order valence-corrected chi connectivity index (χ0v) is 14.1. The van der Waals surface area contributed by atoms with Gasteiger partial charge in [0.25, 0.3) is 0 Å². The third kappa shape index (κ3) is 4.47. The van der Waals surface area contributed by atoms with Gasteiger partial charge < -0.3 is 20.9 Å². The maximum absolute atomic E-state index is 12.0. The number of hydrogen-bond donors (Lipinski definition) is 3. The number of anilines is 3. The van der Waals surface area contributed by atoms with Crippen LogP contribution in [0, 0.1) is 0 Å². The molecule has 2 heterocycles. The molecular weight excluding hydrogens is 318 g/mol. The Morgan fingerprint density at radius 1 is 1.20 bits per heavy atom. The summed E-state index contributed by atoms with van der Waals surface area (Å²) in [6.45, 7) is 0.931. The van der Waals surface area contributed by atoms with Crippen LogP contribution in [0.1, 0.15) is 12.0 Å². The van der Waals surface area contributed by atoms with Gasteiger partial charge in [0.2, 0.25) is 5.91 Å². The Bertz CT molecular complexity index is 763. The molecule has 1 aliphatic heterocycles. The van der Waals surface area contributed by atoms with Crippen molar-refractivity contribution in [3.63, 3.8) is 0 Å². The summed E-state index contributed by atoms with van der Waals surface area (Å²) in [5.74, 6) is -0.310. The summed E-state index contributed by atoms with van der Waals surface area (Å²) in [4.78, 5) is 29.9. The first-order chi connectivity index (χ1) is 12.1. The van der Waals surface area contributed by atoms with Gasteiger partial charge in [0.1, 0.15) is 0 Å². The largest absolute Gasteiger partial charge is 0.374 e. The Kier molecular flexibility index (Phi) is 5.13. The van der Waals surface area contributed by atoms with E-state index in [4.69, 9.17) is 0 Å². The van der Waals surface area contributed by atoms with Crippen LogP contribution in [-0.2, 0) is 11.2 Å². The third-order valence-corrected chi connectivity index (χ3v) is 4.04. The van der Waals surface area contributed by atoms with E-state index in [1.165, 1.54) is 11.3 Å². The number of pyridine rings is 1. The van der Waals surface area contributed by atoms with Gasteiger partial charge in [0, 0.05) is 31.2 Å². The Morgan fingerprint density at radius 3 is 2.88 bits per heavy atom. The maximum Gasteiger partial charge on any atom is 0.319 e. The molecule has 3 rings (SSSR count). The van der Waals surface area contributed by atoms with Crippen LogP contribution in [0.2, 0.25) is 0 Å². The fourth-order valence-corrected chi connectivity index (χ4v) is 2.84. The van der Waals surface area contributed by atoms with Crippen molar-refractivity contribution in [1.82, 2.24) is 10.3 Å². The number of rotatable bonds is 4. The minimum atomic E-state index is -0.412. The minimum absolute atomic E-state index is 0.117. The van der Waals surface area contributed by atoms with Crippen LogP contribution in [0.15, 0.2) is 42.7 Å². The van der Waals surface area contributed by atoms with E-state index >= 15 is 0 Å². The molecule has 3 N–H and O–H groups in total. The average molecular weight is 339 g/mol. The van der Waals surface area contributed by atoms with E-state index in [9.17, 15) is 9.59 Å². The lowest BCUT2D eigenvalue weighted by atomic mass is 10.0. The lowest BCUT2D eigenvalue weighted by Crippen LogP contribution is -2.35. The number of benzene rings is 1. The average Bonchev–Trinajstić information content (AvgIpc) is 2.61. The van der Waals surface area contributed by atoms with Crippen LogP contribution in [0.3, 0.4) is 0 Å². The van der Waals surface area contributed by atoms with Crippen LogP contribution in [0.4, 0.5) is 21.9 Å². The molecule has 0 fully saturated rings. The number of carbonyl (C=O) groups is 2. The van der Waals surface area contributed by atoms with Crippen molar-refractivity contribution in [3.05, 3.63) is 48.3 Å². The first-order valence-electron chi connectivity index (χ1n) is 8.20. The van der Waals surface area contributed by atoms with Gasteiger partial charge in [-0.2, -0.15) is 0 Å². The molecule has 1 aromatic carbocycles. The Labute approximate surface area is 146 Å². The van der Waals surface area contributed by atoms with Crippen molar-refractivity contribution in [1.29, 1.82) is 0 Å². The predicted octanol–water partition coefficient (Wildman–Crippen LogP) is 2.22. The van der Waals surface area contributed by atoms with Crippen LogP contribution in [0.25, 0.3) is 0 Å². The molecule has 2 aromatic rings. The molecule has 1 aliphatic rings. The molecule has 0 unspecified atom stereocenters. The highest BCUT2D eigenvalue weighted by atomic mass is 16.2. The fraction of sp³-hybridized carbons (Fsp3) is 0.278. The van der Waals surface area contributed by atoms with Gasteiger partial charge in [-0.3, -0.25) is 9.78 Å². The van der Waals surface area contributed by atoms with E-state index in [1.54, 1.807) is 24.5 Å². The predicted molar refractivity (Wildman–Crippen MR) is 97.9 cm³/mol. The first kappa shape index (κ1) is 16.8. The molecule has 0 spiro atoms. The summed E-state index contributed by atoms with van der Waals surface area (Å²) < 4.78 is 0. The van der Waals surface area contributed by atoms with Gasteiger partial charge in [0.15, 0.2) is 0 Å². The van der Waals surface area contributed by atoms with Crippen LogP contribution < -0.4 is 20.9 Å². The highest BCUT2D eigenvalue weighted by Gasteiger charge is 2.14. The van der Waals surface area contributed by atoms with E-state index in [-0.39, 0.29) is 12.5 Å². The van der Waals surface area contributed by atoms with E-state index in [1.807, 2.05) is 18.2 Å². The zero-order valence-electron chi connectivity index (χ0n) is 14.1. The number of aromatic nitrogens is 1. The standard InChI is InChI=1S/C18H21N5O2/c1-23-9-3-4-13-10-14(6-7-16(13)23)22-18(25)20-12-17(24)21-15-5-2-8-19-11-15/h2,5-8,10-11H,3-4,9,12H2,1H3,(H,21,24)(H2,20,22,25). The monoisotopic (exact) mass is 339 g/mol. The zero-order chi connectivity index (χ0) is 17.6. The number of hydrogen-bond acceptors (Lipinski definition) is 4. The molecular formula is C18H21N5O2. The molecule has 7 nitrogen and oxygen atoms in total. The number of nitrogens with one attached hydrogen (secondary N) is 3. The summed E-state index contributed by atoms with van der Waals surface area (Å²) in [5, 5.41) is 7.97. The summed E-state index contributed by atoms with van der Waals surface area (Å²) in [6.07, 6.45) is 5.28. The number of fused-ring (bicyclic) bond motifs is 1. The third-order valence-electron chi connectivity index (χ3n) is 4.04. The van der Waals surface area contributed by atoms with Gasteiger partial charge in [-0.25, -0.2) is 4.79 Å². The minimum Gasteiger partial charge on any atom is -0.374 e. The summed E-state index contributed by atoms with van der Waals surface area (Å²) >= 11 is 0. The summed E-state index contributed by atoms with van der Waals surface area (Å²) in [5.41, 5.74) is 3.74. The molecule has 0 saturated heterocycles. The van der Waals surface area contributed by atoms with Crippen LogP contribution >= 0.6 is 0 Å². The molecule has 0 atom stereocenters. The Morgan fingerprint density at radius 2 is 2.08 bits per heavy atom. The Hall–Kier alpha value is -3.09. The summed E-state index contributed by atoms with van der Waals surface area (Å²) in [6, 6.07) is 8.92. The van der Waals surface area contributed by atoms with E-state index in [0.29, 0.717) is 5.69 Å². The second-order valence-corrected chi connectivity index (χ2v) is 5.97. The lowest BCUT2D eigenvalue weighted by molar-refractivity contribution is -0.115. The first-order valence-corrected chi connectivity index (χ1v) is 8.20. The van der Waals surface area contributed by atoms with Gasteiger partial charge in [-0.1, -0.05) is 0 Å². The molecule has 0 saturated carbocycles. The van der Waals surface area contributed by atoms with E-state index < -0.39 is 6.03 Å². The molecule has 130 valence electrons.